The second-order valence-electron chi connectivity index (χ2n) is 3.61. The van der Waals surface area contributed by atoms with E-state index in [2.05, 4.69) is 0 Å². The van der Waals surface area contributed by atoms with Crippen LogP contribution in [0.25, 0.3) is 0 Å². The summed E-state index contributed by atoms with van der Waals surface area (Å²) in [5, 5.41) is 17.5. The Morgan fingerprint density at radius 3 is 1.76 bits per heavy atom. The summed E-state index contributed by atoms with van der Waals surface area (Å²) in [4.78, 5) is 0.981. The maximum Gasteiger partial charge on any atom is 0.403 e. The van der Waals surface area contributed by atoms with Gasteiger partial charge in [0.05, 0.1) is 12.7 Å². The van der Waals surface area contributed by atoms with Gasteiger partial charge in [-0.2, -0.15) is 26.3 Å². The normalized spacial score (nSPS) is 15.7. The van der Waals surface area contributed by atoms with E-state index in [0.717, 1.165) is 4.90 Å². The number of rotatable bonds is 5. The number of nitrogens with zero attached hydrogens (tertiary/aromatic N) is 1. The van der Waals surface area contributed by atoms with Gasteiger partial charge in [0.25, 0.3) is 0 Å². The third-order valence-corrected chi connectivity index (χ3v) is 2.07. The van der Waals surface area contributed by atoms with Crippen molar-refractivity contribution in [2.45, 2.75) is 18.5 Å². The first kappa shape index (κ1) is 16.5. The molecule has 17 heavy (non-hydrogen) atoms. The van der Waals surface area contributed by atoms with E-state index in [1.54, 1.807) is 0 Å². The Morgan fingerprint density at radius 2 is 1.47 bits per heavy atom. The van der Waals surface area contributed by atoms with Gasteiger partial charge in [-0.25, -0.2) is 0 Å². The molecule has 2 N–H and O–H groups in total. The maximum atomic E-state index is 12.2. The van der Waals surface area contributed by atoms with Crippen LogP contribution >= 0.6 is 0 Å². The molecule has 0 amide bonds. The van der Waals surface area contributed by atoms with E-state index in [1.807, 2.05) is 0 Å². The smallest absolute Gasteiger partial charge is 0.395 e. The lowest BCUT2D eigenvalue weighted by Gasteiger charge is -2.29. The summed E-state index contributed by atoms with van der Waals surface area (Å²) in [7, 11) is 1.20. The van der Waals surface area contributed by atoms with Crippen LogP contribution in [0.4, 0.5) is 26.3 Å². The molecule has 0 aromatic heterocycles. The first-order valence-electron chi connectivity index (χ1n) is 4.61. The molecular formula is C8H13F6NO2. The molecule has 0 aliphatic rings. The lowest BCUT2D eigenvalue weighted by atomic mass is 10.0. The predicted molar refractivity (Wildman–Crippen MR) is 46.2 cm³/mol. The quantitative estimate of drug-likeness (QED) is 0.732. The fourth-order valence-corrected chi connectivity index (χ4v) is 1.31. The summed E-state index contributed by atoms with van der Waals surface area (Å²) in [6.45, 7) is -1.38. The van der Waals surface area contributed by atoms with E-state index in [1.165, 1.54) is 7.05 Å². The summed E-state index contributed by atoms with van der Waals surface area (Å²) in [6, 6.07) is 0. The van der Waals surface area contributed by atoms with Crippen molar-refractivity contribution in [1.29, 1.82) is 0 Å². The molecule has 0 bridgehead atoms. The van der Waals surface area contributed by atoms with Gasteiger partial charge in [0, 0.05) is 13.1 Å². The van der Waals surface area contributed by atoms with Crippen LogP contribution in [0.1, 0.15) is 0 Å². The van der Waals surface area contributed by atoms with Gasteiger partial charge in [0.1, 0.15) is 0 Å². The number of likely N-dealkylation sites (N-methyl/N-ethyl adjacent to an activating group) is 1. The Labute approximate surface area is 93.6 Å². The minimum atomic E-state index is -5.56. The average Bonchev–Trinajstić information content (AvgIpc) is 1.96. The largest absolute Gasteiger partial charge is 0.403 e. The van der Waals surface area contributed by atoms with E-state index in [0.29, 0.717) is 0 Å². The standard InChI is InChI=1S/C8H13F6NO2/c1-15(2-3-16)4-5(17)6(7(9,10)11)8(12,13)14/h5-6,16-17H,2-4H2,1H3. The van der Waals surface area contributed by atoms with E-state index in [9.17, 15) is 26.3 Å². The van der Waals surface area contributed by atoms with Crippen molar-refractivity contribution in [2.24, 2.45) is 5.92 Å². The Hall–Kier alpha value is -0.540. The van der Waals surface area contributed by atoms with Gasteiger partial charge in [-0.3, -0.25) is 0 Å². The summed E-state index contributed by atoms with van der Waals surface area (Å²) >= 11 is 0. The maximum absolute atomic E-state index is 12.2. The SMILES string of the molecule is CN(CCO)CC(O)C(C(F)(F)F)C(F)(F)F. The van der Waals surface area contributed by atoms with Crippen molar-refractivity contribution < 1.29 is 36.6 Å². The monoisotopic (exact) mass is 269 g/mol. The van der Waals surface area contributed by atoms with Gasteiger partial charge in [0.2, 0.25) is 0 Å². The molecule has 0 aromatic rings. The minimum absolute atomic E-state index is 0.126. The molecule has 104 valence electrons. The van der Waals surface area contributed by atoms with E-state index < -0.39 is 37.5 Å². The van der Waals surface area contributed by atoms with Gasteiger partial charge in [-0.15, -0.1) is 0 Å². The zero-order chi connectivity index (χ0) is 13.9. The molecule has 0 spiro atoms. The van der Waals surface area contributed by atoms with Gasteiger partial charge >= 0.3 is 12.4 Å². The van der Waals surface area contributed by atoms with Crippen molar-refractivity contribution in [3.8, 4) is 0 Å². The van der Waals surface area contributed by atoms with Crippen LogP contribution in [0.5, 0.6) is 0 Å². The van der Waals surface area contributed by atoms with Gasteiger partial charge < -0.3 is 15.1 Å². The lowest BCUT2D eigenvalue weighted by molar-refractivity contribution is -0.306. The molecule has 0 saturated heterocycles. The Morgan fingerprint density at radius 1 is 1.06 bits per heavy atom. The average molecular weight is 269 g/mol. The molecular weight excluding hydrogens is 256 g/mol. The van der Waals surface area contributed by atoms with Crippen molar-refractivity contribution in [3.63, 3.8) is 0 Å². The highest BCUT2D eigenvalue weighted by Gasteiger charge is 2.60. The van der Waals surface area contributed by atoms with Gasteiger partial charge in [-0.05, 0) is 7.05 Å². The molecule has 0 fully saturated rings. The molecule has 0 aromatic carbocycles. The molecule has 0 aliphatic heterocycles. The lowest BCUT2D eigenvalue weighted by Crippen LogP contribution is -2.49. The molecule has 1 atom stereocenters. The van der Waals surface area contributed by atoms with E-state index in [4.69, 9.17) is 10.2 Å². The number of halogens is 6. The van der Waals surface area contributed by atoms with Crippen LogP contribution < -0.4 is 0 Å². The Bertz CT molecular complexity index is 215. The van der Waals surface area contributed by atoms with Crippen molar-refractivity contribution >= 4 is 0 Å². The first-order chi connectivity index (χ1) is 7.50. The number of alkyl halides is 6. The van der Waals surface area contributed by atoms with Crippen molar-refractivity contribution in [3.05, 3.63) is 0 Å². The van der Waals surface area contributed by atoms with E-state index >= 15 is 0 Å². The molecule has 0 aliphatic carbocycles. The summed E-state index contributed by atoms with van der Waals surface area (Å²) in [5.74, 6) is -3.78. The molecule has 3 nitrogen and oxygen atoms in total. The fraction of sp³-hybridized carbons (Fsp3) is 1.00. The highest BCUT2D eigenvalue weighted by molar-refractivity contribution is 4.83. The van der Waals surface area contributed by atoms with Crippen molar-refractivity contribution in [2.75, 3.05) is 26.7 Å². The van der Waals surface area contributed by atoms with Crippen molar-refractivity contribution in [1.82, 2.24) is 4.90 Å². The van der Waals surface area contributed by atoms with Gasteiger partial charge in [-0.1, -0.05) is 0 Å². The van der Waals surface area contributed by atoms with Crippen LogP contribution in [0.15, 0.2) is 0 Å². The first-order valence-corrected chi connectivity index (χ1v) is 4.61. The third-order valence-electron chi connectivity index (χ3n) is 2.07. The molecule has 0 saturated carbocycles. The topological polar surface area (TPSA) is 43.7 Å². The molecule has 0 rings (SSSR count). The zero-order valence-corrected chi connectivity index (χ0v) is 8.89. The molecule has 0 heterocycles. The molecule has 1 unspecified atom stereocenters. The second kappa shape index (κ2) is 5.87. The summed E-state index contributed by atoms with van der Waals surface area (Å²) in [6.07, 6.45) is -13.7. The number of hydrogen-bond acceptors (Lipinski definition) is 3. The predicted octanol–water partition coefficient (Wildman–Crippen LogP) is 1.01. The van der Waals surface area contributed by atoms with Crippen LogP contribution in [0, 0.1) is 5.92 Å². The fourth-order valence-electron chi connectivity index (χ4n) is 1.31. The minimum Gasteiger partial charge on any atom is -0.395 e. The number of hydrogen-bond donors (Lipinski definition) is 2. The highest BCUT2D eigenvalue weighted by Crippen LogP contribution is 2.41. The summed E-state index contributed by atoms with van der Waals surface area (Å²) < 4.78 is 72.9. The summed E-state index contributed by atoms with van der Waals surface area (Å²) in [5.41, 5.74) is 0. The van der Waals surface area contributed by atoms with Crippen LogP contribution in [0.2, 0.25) is 0 Å². The van der Waals surface area contributed by atoms with E-state index in [-0.39, 0.29) is 6.54 Å². The van der Waals surface area contributed by atoms with Crippen LogP contribution in [-0.2, 0) is 0 Å². The number of aliphatic hydroxyl groups is 2. The third kappa shape index (κ3) is 5.55. The zero-order valence-electron chi connectivity index (χ0n) is 8.89. The van der Waals surface area contributed by atoms with Gasteiger partial charge in [0.15, 0.2) is 5.92 Å². The Kier molecular flexibility index (Phi) is 5.69. The molecule has 9 heteroatoms. The molecule has 0 radical (unpaired) electrons. The second-order valence-corrected chi connectivity index (χ2v) is 3.61. The Balaban J connectivity index is 4.73. The highest BCUT2D eigenvalue weighted by atomic mass is 19.4. The number of aliphatic hydroxyl groups excluding tert-OH is 2. The van der Waals surface area contributed by atoms with Crippen LogP contribution in [0.3, 0.4) is 0 Å². The van der Waals surface area contributed by atoms with Crippen LogP contribution in [-0.4, -0.2) is 60.3 Å².